The second-order valence-corrected chi connectivity index (χ2v) is 5.63. The van der Waals surface area contributed by atoms with Crippen LogP contribution in [0, 0.1) is 12.3 Å². The number of carbonyl (C=O) groups excluding carboxylic acids is 1. The number of likely N-dealkylation sites (tertiary alicyclic amines) is 1. The van der Waals surface area contributed by atoms with E-state index in [1.54, 1.807) is 4.90 Å². The Kier molecular flexibility index (Phi) is 3.37. The second-order valence-electron chi connectivity index (χ2n) is 5.63. The van der Waals surface area contributed by atoms with E-state index in [4.69, 9.17) is 20.9 Å². The van der Waals surface area contributed by atoms with Crippen LogP contribution in [0.15, 0.2) is 0 Å². The van der Waals surface area contributed by atoms with Gasteiger partial charge in [-0.25, -0.2) is 9.78 Å². The summed E-state index contributed by atoms with van der Waals surface area (Å²) < 4.78 is 5.32. The molecule has 2 heterocycles. The third-order valence-electron chi connectivity index (χ3n) is 2.98. The average Bonchev–Trinajstić information content (AvgIpc) is 3.06. The first kappa shape index (κ1) is 13.3. The molecule has 1 amide bonds. The zero-order chi connectivity index (χ0) is 13.4. The lowest BCUT2D eigenvalue weighted by Gasteiger charge is -2.36. The Morgan fingerprint density at radius 2 is 2.28 bits per heavy atom. The van der Waals surface area contributed by atoms with Crippen LogP contribution >= 0.6 is 0 Å². The van der Waals surface area contributed by atoms with E-state index in [2.05, 4.69) is 5.92 Å². The zero-order valence-electron chi connectivity index (χ0n) is 11.1. The Morgan fingerprint density at radius 3 is 2.78 bits per heavy atom. The first-order valence-electron chi connectivity index (χ1n) is 6.11. The summed E-state index contributed by atoms with van der Waals surface area (Å²) in [6, 6.07) is 0. The number of amides is 1. The predicted molar refractivity (Wildman–Crippen MR) is 64.2 cm³/mol. The highest BCUT2D eigenvalue weighted by Gasteiger charge is 2.59. The summed E-state index contributed by atoms with van der Waals surface area (Å²) in [7, 11) is 0. The standard InChI is InChI=1S/C13H19NO4/c1-5-8-14-11(15)6-7-13(14,10-9-16-10)18-17-12(2,3)4/h1,10H,6-9H2,2-4H3/t10-,13+/m1/s1. The first-order chi connectivity index (χ1) is 8.39. The van der Waals surface area contributed by atoms with Crippen molar-refractivity contribution in [2.45, 2.75) is 51.0 Å². The molecule has 2 rings (SSSR count). The van der Waals surface area contributed by atoms with Gasteiger partial charge in [0.1, 0.15) is 6.10 Å². The molecule has 0 aromatic heterocycles. The molecule has 5 heteroatoms. The van der Waals surface area contributed by atoms with Crippen LogP contribution < -0.4 is 0 Å². The second kappa shape index (κ2) is 4.54. The SMILES string of the molecule is C#CCN1C(=O)CC[C@]1(OOC(C)(C)C)[C@H]1CO1. The maximum atomic E-state index is 11.9. The van der Waals surface area contributed by atoms with Crippen molar-refractivity contribution in [3.63, 3.8) is 0 Å². The molecule has 0 radical (unpaired) electrons. The molecule has 100 valence electrons. The van der Waals surface area contributed by atoms with E-state index in [0.717, 1.165) is 0 Å². The van der Waals surface area contributed by atoms with Crippen molar-refractivity contribution in [2.24, 2.45) is 0 Å². The Hall–Kier alpha value is -1.09. The lowest BCUT2D eigenvalue weighted by Crippen LogP contribution is -2.53. The maximum Gasteiger partial charge on any atom is 0.225 e. The third-order valence-corrected chi connectivity index (χ3v) is 2.98. The molecule has 5 nitrogen and oxygen atoms in total. The fourth-order valence-electron chi connectivity index (χ4n) is 2.06. The summed E-state index contributed by atoms with van der Waals surface area (Å²) in [5.74, 6) is 2.48. The predicted octanol–water partition coefficient (Wildman–Crippen LogP) is 1.08. The monoisotopic (exact) mass is 253 g/mol. The van der Waals surface area contributed by atoms with Crippen molar-refractivity contribution >= 4 is 5.91 Å². The fraction of sp³-hybridized carbons (Fsp3) is 0.769. The van der Waals surface area contributed by atoms with Crippen LogP contribution in [0.4, 0.5) is 0 Å². The van der Waals surface area contributed by atoms with Crippen LogP contribution in [0.3, 0.4) is 0 Å². The first-order valence-corrected chi connectivity index (χ1v) is 6.11. The van der Waals surface area contributed by atoms with E-state index in [-0.39, 0.29) is 18.6 Å². The molecular formula is C13H19NO4. The minimum Gasteiger partial charge on any atom is -0.368 e. The molecule has 2 atom stereocenters. The molecule has 18 heavy (non-hydrogen) atoms. The number of carbonyl (C=O) groups is 1. The molecule has 2 saturated heterocycles. The summed E-state index contributed by atoms with van der Waals surface area (Å²) in [5, 5.41) is 0. The molecule has 0 aliphatic carbocycles. The van der Waals surface area contributed by atoms with Gasteiger partial charge in [-0.1, -0.05) is 5.92 Å². The Morgan fingerprint density at radius 1 is 1.61 bits per heavy atom. The maximum absolute atomic E-state index is 11.9. The van der Waals surface area contributed by atoms with Gasteiger partial charge in [-0.15, -0.1) is 6.42 Å². The van der Waals surface area contributed by atoms with Crippen molar-refractivity contribution in [2.75, 3.05) is 13.2 Å². The average molecular weight is 253 g/mol. The third kappa shape index (κ3) is 2.51. The minimum atomic E-state index is -0.850. The quantitative estimate of drug-likeness (QED) is 0.326. The van der Waals surface area contributed by atoms with E-state index in [1.165, 1.54) is 0 Å². The highest BCUT2D eigenvalue weighted by Crippen LogP contribution is 2.41. The van der Waals surface area contributed by atoms with Gasteiger partial charge in [0, 0.05) is 12.8 Å². The largest absolute Gasteiger partial charge is 0.368 e. The molecule has 0 spiro atoms. The van der Waals surface area contributed by atoms with Gasteiger partial charge in [0.05, 0.1) is 18.8 Å². The van der Waals surface area contributed by atoms with Gasteiger partial charge in [-0.3, -0.25) is 9.69 Å². The van der Waals surface area contributed by atoms with Gasteiger partial charge < -0.3 is 4.74 Å². The Bertz CT molecular complexity index is 377. The van der Waals surface area contributed by atoms with Gasteiger partial charge in [0.25, 0.3) is 0 Å². The molecule has 0 saturated carbocycles. The number of epoxide rings is 1. The van der Waals surface area contributed by atoms with Crippen molar-refractivity contribution in [1.29, 1.82) is 0 Å². The lowest BCUT2D eigenvalue weighted by atomic mass is 10.1. The molecule has 2 aliphatic rings. The number of hydrogen-bond donors (Lipinski definition) is 0. The van der Waals surface area contributed by atoms with E-state index in [0.29, 0.717) is 19.4 Å². The number of hydrogen-bond acceptors (Lipinski definition) is 4. The Balaban J connectivity index is 2.16. The smallest absolute Gasteiger partial charge is 0.225 e. The van der Waals surface area contributed by atoms with E-state index >= 15 is 0 Å². The Labute approximate surface area is 107 Å². The highest BCUT2D eigenvalue weighted by atomic mass is 17.2. The summed E-state index contributed by atoms with van der Waals surface area (Å²) in [6.07, 6.45) is 6.14. The van der Waals surface area contributed by atoms with E-state index in [1.807, 2.05) is 20.8 Å². The van der Waals surface area contributed by atoms with E-state index in [9.17, 15) is 4.79 Å². The summed E-state index contributed by atoms with van der Waals surface area (Å²) in [5.41, 5.74) is -1.30. The van der Waals surface area contributed by atoms with Crippen LogP contribution in [0.1, 0.15) is 33.6 Å². The molecule has 0 bridgehead atoms. The van der Waals surface area contributed by atoms with Gasteiger partial charge >= 0.3 is 0 Å². The molecular weight excluding hydrogens is 234 g/mol. The topological polar surface area (TPSA) is 51.3 Å². The molecule has 2 fully saturated rings. The van der Waals surface area contributed by atoms with Crippen molar-refractivity contribution in [3.05, 3.63) is 0 Å². The molecule has 0 aromatic carbocycles. The molecule has 0 aromatic rings. The number of rotatable bonds is 4. The van der Waals surface area contributed by atoms with Crippen LogP contribution in [0.5, 0.6) is 0 Å². The molecule has 0 unspecified atom stereocenters. The number of terminal acetylenes is 1. The molecule has 0 N–H and O–H groups in total. The summed E-state index contributed by atoms with van der Waals surface area (Å²) in [4.78, 5) is 24.4. The van der Waals surface area contributed by atoms with Crippen LogP contribution in [-0.2, 0) is 19.3 Å². The van der Waals surface area contributed by atoms with Crippen LogP contribution in [0.25, 0.3) is 0 Å². The van der Waals surface area contributed by atoms with Crippen LogP contribution in [-0.4, -0.2) is 41.4 Å². The van der Waals surface area contributed by atoms with Crippen LogP contribution in [0.2, 0.25) is 0 Å². The zero-order valence-corrected chi connectivity index (χ0v) is 11.1. The normalized spacial score (nSPS) is 31.6. The number of ether oxygens (including phenoxy) is 1. The van der Waals surface area contributed by atoms with Gasteiger partial charge in [-0.2, -0.15) is 0 Å². The molecule has 2 aliphatic heterocycles. The minimum absolute atomic E-state index is 0.0130. The fourth-order valence-corrected chi connectivity index (χ4v) is 2.06. The van der Waals surface area contributed by atoms with Gasteiger partial charge in [-0.05, 0) is 20.8 Å². The van der Waals surface area contributed by atoms with Crippen molar-refractivity contribution in [1.82, 2.24) is 4.90 Å². The van der Waals surface area contributed by atoms with E-state index < -0.39 is 11.3 Å². The van der Waals surface area contributed by atoms with Crippen molar-refractivity contribution in [3.8, 4) is 12.3 Å². The highest BCUT2D eigenvalue weighted by molar-refractivity contribution is 5.80. The van der Waals surface area contributed by atoms with Gasteiger partial charge in [0.2, 0.25) is 11.6 Å². The summed E-state index contributed by atoms with van der Waals surface area (Å²) >= 11 is 0. The van der Waals surface area contributed by atoms with Gasteiger partial charge in [0.15, 0.2) is 0 Å². The van der Waals surface area contributed by atoms with Crippen molar-refractivity contribution < 1.29 is 19.3 Å². The lowest BCUT2D eigenvalue weighted by molar-refractivity contribution is -0.427. The number of nitrogens with zero attached hydrogens (tertiary/aromatic N) is 1. The summed E-state index contributed by atoms with van der Waals surface area (Å²) in [6.45, 7) is 6.44.